The Hall–Kier alpha value is -1.07. The summed E-state index contributed by atoms with van der Waals surface area (Å²) in [5, 5.41) is 9.36. The van der Waals surface area contributed by atoms with Crippen LogP contribution in [0.5, 0.6) is 0 Å². The van der Waals surface area contributed by atoms with E-state index in [9.17, 15) is 13.5 Å². The molecule has 2 atom stereocenters. The maximum Gasteiger partial charge on any atom is 0.155 e. The minimum absolute atomic E-state index is 0.0392. The van der Waals surface area contributed by atoms with Crippen molar-refractivity contribution in [1.29, 1.82) is 0 Å². The summed E-state index contributed by atoms with van der Waals surface area (Å²) < 4.78 is 23.7. The molecule has 1 aromatic carbocycles. The molecule has 0 radical (unpaired) electrons. The van der Waals surface area contributed by atoms with E-state index in [-0.39, 0.29) is 5.75 Å². The Bertz CT molecular complexity index is 453. The molecule has 0 aliphatic heterocycles. The highest BCUT2D eigenvalue weighted by Gasteiger charge is 2.30. The highest BCUT2D eigenvalue weighted by Crippen LogP contribution is 2.25. The average Bonchev–Trinajstić information content (AvgIpc) is 2.30. The molecule has 0 heterocycles. The number of aliphatic hydroxyl groups is 1. The average molecular weight is 257 g/mol. The quantitative estimate of drug-likeness (QED) is 0.784. The molecule has 17 heavy (non-hydrogen) atoms. The maximum atomic E-state index is 11.8. The fraction of sp³-hybridized carbons (Fsp3) is 0.500. The van der Waals surface area contributed by atoms with Gasteiger partial charge in [-0.25, -0.2) is 8.42 Å². The van der Waals surface area contributed by atoms with Crippen LogP contribution >= 0.6 is 0 Å². The Morgan fingerprint density at radius 1 is 1.24 bits per heavy atom. The summed E-state index contributed by atoms with van der Waals surface area (Å²) in [6.07, 6.45) is -0.604. The lowest BCUT2D eigenvalue weighted by atomic mass is 10.0. The molecule has 1 rings (SSSR count). The van der Waals surface area contributed by atoms with E-state index in [0.717, 1.165) is 0 Å². The normalized spacial score (nSPS) is 15.5. The number of nitrogens with two attached hydrogens (primary N) is 1. The number of rotatable bonds is 5. The maximum absolute atomic E-state index is 11.8. The fourth-order valence-corrected chi connectivity index (χ4v) is 3.28. The van der Waals surface area contributed by atoms with E-state index in [1.165, 1.54) is 0 Å². The van der Waals surface area contributed by atoms with E-state index >= 15 is 0 Å². The van der Waals surface area contributed by atoms with E-state index < -0.39 is 21.2 Å². The van der Waals surface area contributed by atoms with Crippen molar-refractivity contribution in [2.45, 2.75) is 31.6 Å². The van der Waals surface area contributed by atoms with Crippen LogP contribution in [0.1, 0.15) is 31.9 Å². The third-order valence-electron chi connectivity index (χ3n) is 2.90. The van der Waals surface area contributed by atoms with Crippen molar-refractivity contribution < 1.29 is 13.5 Å². The molecule has 0 fully saturated rings. The fourth-order valence-electron chi connectivity index (χ4n) is 1.80. The highest BCUT2D eigenvalue weighted by atomic mass is 32.2. The van der Waals surface area contributed by atoms with Crippen molar-refractivity contribution in [3.63, 3.8) is 0 Å². The van der Waals surface area contributed by atoms with Crippen molar-refractivity contribution >= 4 is 15.5 Å². The van der Waals surface area contributed by atoms with Gasteiger partial charge in [0.25, 0.3) is 0 Å². The van der Waals surface area contributed by atoms with Gasteiger partial charge in [0.1, 0.15) is 0 Å². The van der Waals surface area contributed by atoms with Gasteiger partial charge in [-0.15, -0.1) is 0 Å². The smallest absolute Gasteiger partial charge is 0.155 e. The minimum Gasteiger partial charge on any atom is -0.399 e. The summed E-state index contributed by atoms with van der Waals surface area (Å²) in [4.78, 5) is 0. The predicted octanol–water partition coefficient (Wildman–Crippen LogP) is 1.52. The van der Waals surface area contributed by atoms with Crippen molar-refractivity contribution in [2.24, 2.45) is 0 Å². The Labute approximate surface area is 102 Å². The Morgan fingerprint density at radius 2 is 1.76 bits per heavy atom. The zero-order valence-electron chi connectivity index (χ0n) is 10.1. The van der Waals surface area contributed by atoms with Gasteiger partial charge in [-0.05, 0) is 24.1 Å². The summed E-state index contributed by atoms with van der Waals surface area (Å²) in [5.41, 5.74) is 6.72. The lowest BCUT2D eigenvalue weighted by Crippen LogP contribution is -2.29. The topological polar surface area (TPSA) is 80.4 Å². The van der Waals surface area contributed by atoms with Crippen LogP contribution < -0.4 is 5.73 Å². The number of hydrogen-bond donors (Lipinski definition) is 2. The Morgan fingerprint density at radius 3 is 2.18 bits per heavy atom. The van der Waals surface area contributed by atoms with Gasteiger partial charge in [-0.3, -0.25) is 0 Å². The molecule has 0 saturated heterocycles. The molecule has 0 unspecified atom stereocenters. The van der Waals surface area contributed by atoms with E-state index in [0.29, 0.717) is 17.7 Å². The Kier molecular flexibility index (Phi) is 4.54. The van der Waals surface area contributed by atoms with Crippen LogP contribution in [0.3, 0.4) is 0 Å². The van der Waals surface area contributed by atoms with Gasteiger partial charge in [0, 0.05) is 11.4 Å². The van der Waals surface area contributed by atoms with Crippen LogP contribution in [0.4, 0.5) is 5.69 Å². The zero-order valence-corrected chi connectivity index (χ0v) is 10.9. The molecular formula is C12H19NO3S. The van der Waals surface area contributed by atoms with Crippen LogP contribution in [0.15, 0.2) is 24.3 Å². The molecule has 4 nitrogen and oxygen atoms in total. The van der Waals surface area contributed by atoms with Gasteiger partial charge in [0.15, 0.2) is 9.84 Å². The summed E-state index contributed by atoms with van der Waals surface area (Å²) >= 11 is 0. The molecule has 0 spiro atoms. The Balaban J connectivity index is 3.02. The third-order valence-corrected chi connectivity index (χ3v) is 5.21. The number of hydrogen-bond acceptors (Lipinski definition) is 4. The van der Waals surface area contributed by atoms with Gasteiger partial charge in [0.05, 0.1) is 11.4 Å². The summed E-state index contributed by atoms with van der Waals surface area (Å²) in [5.74, 6) is 0.0392. The second-order valence-corrected chi connectivity index (χ2v) is 6.52. The molecule has 0 aliphatic carbocycles. The molecule has 0 amide bonds. The summed E-state index contributed by atoms with van der Waals surface area (Å²) in [7, 11) is -3.25. The zero-order chi connectivity index (χ0) is 13.1. The molecular weight excluding hydrogens is 238 g/mol. The molecule has 0 aliphatic rings. The highest BCUT2D eigenvalue weighted by molar-refractivity contribution is 7.92. The minimum atomic E-state index is -3.25. The van der Waals surface area contributed by atoms with E-state index in [1.807, 2.05) is 0 Å². The first-order valence-corrected chi connectivity index (χ1v) is 7.39. The second-order valence-electron chi connectivity index (χ2n) is 4.01. The summed E-state index contributed by atoms with van der Waals surface area (Å²) in [6.45, 7) is 3.35. The molecule has 0 bridgehead atoms. The molecule has 0 aromatic heterocycles. The molecule has 5 heteroatoms. The van der Waals surface area contributed by atoms with Crippen molar-refractivity contribution in [1.82, 2.24) is 0 Å². The van der Waals surface area contributed by atoms with Gasteiger partial charge in [0.2, 0.25) is 0 Å². The van der Waals surface area contributed by atoms with Gasteiger partial charge in [-0.2, -0.15) is 0 Å². The number of nitrogen functional groups attached to an aromatic ring is 1. The van der Waals surface area contributed by atoms with E-state index in [1.54, 1.807) is 38.1 Å². The molecule has 0 saturated carbocycles. The van der Waals surface area contributed by atoms with Crippen LogP contribution in [0.2, 0.25) is 0 Å². The van der Waals surface area contributed by atoms with Crippen LogP contribution in [0, 0.1) is 0 Å². The van der Waals surface area contributed by atoms with E-state index in [4.69, 9.17) is 5.73 Å². The number of aliphatic hydroxyl groups excluding tert-OH is 1. The molecule has 1 aromatic rings. The van der Waals surface area contributed by atoms with E-state index in [2.05, 4.69) is 0 Å². The standard InChI is InChI=1S/C12H19NO3S/c1-3-11(17(15,16)4-2)12(14)9-5-7-10(13)8-6-9/h5-8,11-12,14H,3-4,13H2,1-2H3/t11-,12+/m0/s1. The van der Waals surface area contributed by atoms with Gasteiger partial charge >= 0.3 is 0 Å². The third kappa shape index (κ3) is 3.20. The second kappa shape index (κ2) is 5.51. The SMILES string of the molecule is CC[C@@H]([C@H](O)c1ccc(N)cc1)S(=O)(=O)CC. The molecule has 96 valence electrons. The van der Waals surface area contributed by atoms with Crippen molar-refractivity contribution in [3.05, 3.63) is 29.8 Å². The van der Waals surface area contributed by atoms with Crippen LogP contribution in [0.25, 0.3) is 0 Å². The molecule has 3 N–H and O–H groups in total. The first-order valence-electron chi connectivity index (χ1n) is 5.67. The van der Waals surface area contributed by atoms with Gasteiger partial charge in [-0.1, -0.05) is 26.0 Å². The lowest BCUT2D eigenvalue weighted by Gasteiger charge is -2.21. The number of benzene rings is 1. The number of sulfone groups is 1. The monoisotopic (exact) mass is 257 g/mol. The van der Waals surface area contributed by atoms with Crippen LogP contribution in [-0.2, 0) is 9.84 Å². The van der Waals surface area contributed by atoms with Crippen molar-refractivity contribution in [2.75, 3.05) is 11.5 Å². The lowest BCUT2D eigenvalue weighted by molar-refractivity contribution is 0.169. The first-order chi connectivity index (χ1) is 7.92. The predicted molar refractivity (Wildman–Crippen MR) is 69.4 cm³/mol. The first kappa shape index (κ1) is 14.0. The summed E-state index contributed by atoms with van der Waals surface area (Å²) in [6, 6.07) is 6.63. The van der Waals surface area contributed by atoms with Gasteiger partial charge < -0.3 is 10.8 Å². The van der Waals surface area contributed by atoms with Crippen LogP contribution in [-0.4, -0.2) is 24.5 Å². The van der Waals surface area contributed by atoms with Crippen molar-refractivity contribution in [3.8, 4) is 0 Å². The number of anilines is 1. The largest absolute Gasteiger partial charge is 0.399 e.